The molecular weight excluding hydrogens is 200 g/mol. The number of hydrogen-bond donors (Lipinski definition) is 0. The number of ether oxygens (including phenoxy) is 1. The fraction of sp³-hybridized carbons (Fsp3) is 0.786. The Bertz CT molecular complexity index is 209. The predicted octanol–water partition coefficient (Wildman–Crippen LogP) is 4.24. The standard InChI is InChI=1S/C14H26O2/c1-5-7-8-9-10-11-13(6-2)16-14(15)12(3)4/h13H,3,5-11H2,1-2,4H3. The quantitative estimate of drug-likeness (QED) is 0.334. The number of hydrogen-bond acceptors (Lipinski definition) is 2. The van der Waals surface area contributed by atoms with Gasteiger partial charge in [0.1, 0.15) is 6.10 Å². The summed E-state index contributed by atoms with van der Waals surface area (Å²) in [6.07, 6.45) is 8.22. The van der Waals surface area contributed by atoms with Crippen molar-refractivity contribution in [2.45, 2.75) is 71.8 Å². The summed E-state index contributed by atoms with van der Waals surface area (Å²) < 4.78 is 5.33. The Morgan fingerprint density at radius 2 is 1.81 bits per heavy atom. The third kappa shape index (κ3) is 7.49. The molecule has 0 saturated heterocycles. The van der Waals surface area contributed by atoms with Crippen molar-refractivity contribution in [3.8, 4) is 0 Å². The van der Waals surface area contributed by atoms with Crippen molar-refractivity contribution in [3.63, 3.8) is 0 Å². The summed E-state index contributed by atoms with van der Waals surface area (Å²) in [7, 11) is 0. The second kappa shape index (κ2) is 9.44. The third-order valence-electron chi connectivity index (χ3n) is 2.71. The van der Waals surface area contributed by atoms with E-state index in [1.54, 1.807) is 6.92 Å². The molecule has 0 heterocycles. The summed E-state index contributed by atoms with van der Waals surface area (Å²) in [5.74, 6) is -0.250. The molecule has 0 saturated carbocycles. The average molecular weight is 226 g/mol. The lowest BCUT2D eigenvalue weighted by molar-refractivity contribution is -0.144. The van der Waals surface area contributed by atoms with E-state index in [9.17, 15) is 4.79 Å². The molecule has 0 amide bonds. The van der Waals surface area contributed by atoms with Crippen LogP contribution in [-0.4, -0.2) is 12.1 Å². The van der Waals surface area contributed by atoms with Crippen molar-refractivity contribution in [1.29, 1.82) is 0 Å². The molecule has 0 radical (unpaired) electrons. The third-order valence-corrected chi connectivity index (χ3v) is 2.71. The largest absolute Gasteiger partial charge is 0.459 e. The minimum atomic E-state index is -0.250. The molecule has 0 fully saturated rings. The summed E-state index contributed by atoms with van der Waals surface area (Å²) in [5.41, 5.74) is 0.490. The smallest absolute Gasteiger partial charge is 0.333 e. The van der Waals surface area contributed by atoms with Gasteiger partial charge in [0.25, 0.3) is 0 Å². The van der Waals surface area contributed by atoms with Gasteiger partial charge in [-0.2, -0.15) is 0 Å². The van der Waals surface area contributed by atoms with Crippen molar-refractivity contribution < 1.29 is 9.53 Å². The Kier molecular flexibility index (Phi) is 8.97. The first kappa shape index (κ1) is 15.2. The first-order valence-corrected chi connectivity index (χ1v) is 6.48. The Labute approximate surface area is 100 Å². The van der Waals surface area contributed by atoms with Crippen LogP contribution < -0.4 is 0 Å². The van der Waals surface area contributed by atoms with Crippen LogP contribution in [0.4, 0.5) is 0 Å². The van der Waals surface area contributed by atoms with Gasteiger partial charge in [-0.25, -0.2) is 4.79 Å². The van der Waals surface area contributed by atoms with Crippen molar-refractivity contribution >= 4 is 5.97 Å². The van der Waals surface area contributed by atoms with Crippen molar-refractivity contribution in [2.24, 2.45) is 0 Å². The van der Waals surface area contributed by atoms with Gasteiger partial charge in [-0.1, -0.05) is 46.1 Å². The van der Waals surface area contributed by atoms with Crippen molar-refractivity contribution in [2.75, 3.05) is 0 Å². The first-order chi connectivity index (χ1) is 7.61. The molecule has 0 spiro atoms. The maximum absolute atomic E-state index is 11.3. The highest BCUT2D eigenvalue weighted by Gasteiger charge is 2.12. The normalized spacial score (nSPS) is 12.2. The summed E-state index contributed by atoms with van der Waals surface area (Å²) in [6, 6.07) is 0. The van der Waals surface area contributed by atoms with E-state index in [1.165, 1.54) is 25.7 Å². The predicted molar refractivity (Wildman–Crippen MR) is 68.4 cm³/mol. The maximum atomic E-state index is 11.3. The minimum absolute atomic E-state index is 0.0748. The average Bonchev–Trinajstić information content (AvgIpc) is 2.26. The van der Waals surface area contributed by atoms with Gasteiger partial charge >= 0.3 is 5.97 Å². The molecule has 0 aliphatic carbocycles. The van der Waals surface area contributed by atoms with Gasteiger partial charge in [0.05, 0.1) is 0 Å². The molecule has 1 unspecified atom stereocenters. The molecular formula is C14H26O2. The highest BCUT2D eigenvalue weighted by Crippen LogP contribution is 2.13. The van der Waals surface area contributed by atoms with Gasteiger partial charge in [0.2, 0.25) is 0 Å². The topological polar surface area (TPSA) is 26.3 Å². The molecule has 2 heteroatoms. The molecule has 2 nitrogen and oxygen atoms in total. The van der Waals surface area contributed by atoms with Gasteiger partial charge in [0, 0.05) is 5.57 Å². The van der Waals surface area contributed by atoms with E-state index in [0.29, 0.717) is 5.57 Å². The molecule has 0 bridgehead atoms. The van der Waals surface area contributed by atoms with Gasteiger partial charge in [-0.3, -0.25) is 0 Å². The molecule has 0 aliphatic heterocycles. The van der Waals surface area contributed by atoms with E-state index in [0.717, 1.165) is 19.3 Å². The number of carbonyl (C=O) groups excluding carboxylic acids is 1. The van der Waals surface area contributed by atoms with Crippen LogP contribution in [-0.2, 0) is 9.53 Å². The fourth-order valence-electron chi connectivity index (χ4n) is 1.57. The molecule has 0 N–H and O–H groups in total. The second-order valence-corrected chi connectivity index (χ2v) is 4.42. The van der Waals surface area contributed by atoms with E-state index in [1.807, 2.05) is 0 Å². The molecule has 0 rings (SSSR count). The van der Waals surface area contributed by atoms with E-state index >= 15 is 0 Å². The SMILES string of the molecule is C=C(C)C(=O)OC(CC)CCCCCCC. The molecule has 0 aliphatic rings. The van der Waals surface area contributed by atoms with Crippen LogP contribution in [0.25, 0.3) is 0 Å². The van der Waals surface area contributed by atoms with Crippen LogP contribution in [0.15, 0.2) is 12.2 Å². The zero-order valence-corrected chi connectivity index (χ0v) is 11.1. The zero-order chi connectivity index (χ0) is 12.4. The Balaban J connectivity index is 3.67. The molecule has 0 aromatic rings. The lowest BCUT2D eigenvalue weighted by Gasteiger charge is -2.15. The van der Waals surface area contributed by atoms with Crippen LogP contribution >= 0.6 is 0 Å². The number of rotatable bonds is 9. The summed E-state index contributed by atoms with van der Waals surface area (Å²) in [5, 5.41) is 0. The van der Waals surface area contributed by atoms with Crippen LogP contribution in [0.5, 0.6) is 0 Å². The number of unbranched alkanes of at least 4 members (excludes halogenated alkanes) is 4. The minimum Gasteiger partial charge on any atom is -0.459 e. The Morgan fingerprint density at radius 1 is 1.19 bits per heavy atom. The fourth-order valence-corrected chi connectivity index (χ4v) is 1.57. The highest BCUT2D eigenvalue weighted by atomic mass is 16.5. The second-order valence-electron chi connectivity index (χ2n) is 4.42. The Morgan fingerprint density at radius 3 is 2.31 bits per heavy atom. The van der Waals surface area contributed by atoms with E-state index in [4.69, 9.17) is 4.74 Å². The molecule has 94 valence electrons. The van der Waals surface area contributed by atoms with Crippen molar-refractivity contribution in [3.05, 3.63) is 12.2 Å². The van der Waals surface area contributed by atoms with E-state index < -0.39 is 0 Å². The van der Waals surface area contributed by atoms with E-state index in [2.05, 4.69) is 20.4 Å². The van der Waals surface area contributed by atoms with E-state index in [-0.39, 0.29) is 12.1 Å². The van der Waals surface area contributed by atoms with Gasteiger partial charge < -0.3 is 4.74 Å². The van der Waals surface area contributed by atoms with Gasteiger partial charge in [0.15, 0.2) is 0 Å². The molecule has 0 aromatic carbocycles. The van der Waals surface area contributed by atoms with Crippen LogP contribution in [0.3, 0.4) is 0 Å². The number of carbonyl (C=O) groups is 1. The van der Waals surface area contributed by atoms with Crippen LogP contribution in [0.1, 0.15) is 65.7 Å². The molecule has 0 aromatic heterocycles. The van der Waals surface area contributed by atoms with Crippen molar-refractivity contribution in [1.82, 2.24) is 0 Å². The summed E-state index contributed by atoms with van der Waals surface area (Å²) >= 11 is 0. The lowest BCUT2D eigenvalue weighted by atomic mass is 10.1. The first-order valence-electron chi connectivity index (χ1n) is 6.48. The Hall–Kier alpha value is -0.790. The zero-order valence-electron chi connectivity index (χ0n) is 11.1. The molecule has 1 atom stereocenters. The van der Waals surface area contributed by atoms with Crippen LogP contribution in [0.2, 0.25) is 0 Å². The number of esters is 1. The highest BCUT2D eigenvalue weighted by molar-refractivity contribution is 5.87. The van der Waals surface area contributed by atoms with Gasteiger partial charge in [-0.15, -0.1) is 0 Å². The maximum Gasteiger partial charge on any atom is 0.333 e. The summed E-state index contributed by atoms with van der Waals surface area (Å²) in [6.45, 7) is 9.55. The monoisotopic (exact) mass is 226 g/mol. The molecule has 16 heavy (non-hydrogen) atoms. The summed E-state index contributed by atoms with van der Waals surface area (Å²) in [4.78, 5) is 11.3. The van der Waals surface area contributed by atoms with Gasteiger partial charge in [-0.05, 0) is 26.2 Å². The lowest BCUT2D eigenvalue weighted by Crippen LogP contribution is -2.17. The van der Waals surface area contributed by atoms with Crippen LogP contribution in [0, 0.1) is 0 Å².